The highest BCUT2D eigenvalue weighted by molar-refractivity contribution is 7.15. The molecule has 4 rings (SSSR count). The number of nitrogens with zero attached hydrogens (tertiary/aromatic N) is 3. The zero-order chi connectivity index (χ0) is 21.8. The van der Waals surface area contributed by atoms with E-state index in [1.807, 2.05) is 38.1 Å². The maximum atomic E-state index is 12.9. The van der Waals surface area contributed by atoms with Crippen LogP contribution in [0.5, 0.6) is 11.5 Å². The lowest BCUT2D eigenvalue weighted by Crippen LogP contribution is -2.26. The molecule has 31 heavy (non-hydrogen) atoms. The van der Waals surface area contributed by atoms with Crippen molar-refractivity contribution in [2.24, 2.45) is 0 Å². The van der Waals surface area contributed by atoms with Gasteiger partial charge in [-0.25, -0.2) is 0 Å². The van der Waals surface area contributed by atoms with Gasteiger partial charge in [0.25, 0.3) is 5.56 Å². The molecule has 0 saturated heterocycles. The maximum Gasteiger partial charge on any atom is 0.300 e. The fourth-order valence-electron chi connectivity index (χ4n) is 3.05. The molecule has 158 valence electrons. The second kappa shape index (κ2) is 9.09. The van der Waals surface area contributed by atoms with Crippen LogP contribution in [0.15, 0.2) is 58.1 Å². The molecule has 0 aliphatic carbocycles. The number of hydrogen-bond acceptors (Lipinski definition) is 7. The van der Waals surface area contributed by atoms with E-state index in [0.717, 1.165) is 23.3 Å². The monoisotopic (exact) mass is 435 g/mol. The lowest BCUT2D eigenvalue weighted by molar-refractivity contribution is 0.277. The summed E-state index contributed by atoms with van der Waals surface area (Å²) in [6, 6.07) is 14.5. The van der Waals surface area contributed by atoms with Crippen molar-refractivity contribution in [1.82, 2.24) is 14.6 Å². The number of fused-ring (bicyclic) bond motifs is 1. The predicted molar refractivity (Wildman–Crippen MR) is 121 cm³/mol. The van der Waals surface area contributed by atoms with Gasteiger partial charge < -0.3 is 9.47 Å². The van der Waals surface area contributed by atoms with E-state index >= 15 is 0 Å². The second-order valence-corrected chi connectivity index (χ2v) is 7.74. The Kier molecular flexibility index (Phi) is 6.08. The van der Waals surface area contributed by atoms with E-state index in [1.165, 1.54) is 4.52 Å². The summed E-state index contributed by atoms with van der Waals surface area (Å²) in [5.74, 6) is 1.29. The minimum absolute atomic E-state index is 0.149. The molecule has 0 bridgehead atoms. The summed E-state index contributed by atoms with van der Waals surface area (Å²) in [6.07, 6.45) is 2.63. The van der Waals surface area contributed by atoms with Crippen LogP contribution in [0.2, 0.25) is 0 Å². The van der Waals surface area contributed by atoms with Crippen molar-refractivity contribution < 1.29 is 9.47 Å². The van der Waals surface area contributed by atoms with Gasteiger partial charge in [0.15, 0.2) is 17.2 Å². The zero-order valence-corrected chi connectivity index (χ0v) is 18.0. The van der Waals surface area contributed by atoms with Crippen LogP contribution in [0, 0.1) is 0 Å². The van der Waals surface area contributed by atoms with Gasteiger partial charge in [-0.2, -0.15) is 14.6 Å². The molecule has 0 spiro atoms. The van der Waals surface area contributed by atoms with Gasteiger partial charge in [0, 0.05) is 5.56 Å². The molecule has 2 aromatic carbocycles. The third-order valence-corrected chi connectivity index (χ3v) is 5.42. The largest absolute Gasteiger partial charge is 0.490 e. The van der Waals surface area contributed by atoms with Gasteiger partial charge in [0.1, 0.15) is 0 Å². The SMILES string of the molecule is CCCOc1ccc(/C=c2\sc3nc(=O)c(-c4ccccc4)nn3c2=O)cc1OCC. The van der Waals surface area contributed by atoms with Crippen LogP contribution in [0.3, 0.4) is 0 Å². The minimum atomic E-state index is -0.463. The van der Waals surface area contributed by atoms with Crippen molar-refractivity contribution in [3.05, 3.63) is 79.3 Å². The van der Waals surface area contributed by atoms with Crippen LogP contribution < -0.4 is 25.1 Å². The summed E-state index contributed by atoms with van der Waals surface area (Å²) in [7, 11) is 0. The Balaban J connectivity index is 1.79. The number of hydrogen-bond donors (Lipinski definition) is 0. The van der Waals surface area contributed by atoms with Gasteiger partial charge in [-0.1, -0.05) is 54.7 Å². The normalized spacial score (nSPS) is 11.7. The summed E-state index contributed by atoms with van der Waals surface area (Å²) in [6.45, 7) is 5.04. The van der Waals surface area contributed by atoms with Crippen LogP contribution in [0.25, 0.3) is 22.3 Å². The molecule has 0 radical (unpaired) electrons. The highest BCUT2D eigenvalue weighted by atomic mass is 32.1. The second-order valence-electron chi connectivity index (χ2n) is 6.73. The molecule has 8 heteroatoms. The summed E-state index contributed by atoms with van der Waals surface area (Å²) in [5.41, 5.74) is 0.761. The summed E-state index contributed by atoms with van der Waals surface area (Å²) < 4.78 is 13.0. The van der Waals surface area contributed by atoms with E-state index in [1.54, 1.807) is 30.3 Å². The molecule has 0 fully saturated rings. The topological polar surface area (TPSA) is 82.8 Å². The van der Waals surface area contributed by atoms with Crippen LogP contribution in [0.1, 0.15) is 25.8 Å². The molecule has 2 heterocycles. The molecule has 0 atom stereocenters. The standard InChI is InChI=1S/C23H21N3O4S/c1-3-12-30-17-11-10-15(13-18(17)29-4-2)14-19-22(28)26-23(31-19)24-21(27)20(25-26)16-8-6-5-7-9-16/h5-11,13-14H,3-4,12H2,1-2H3/b19-14-. The quantitative estimate of drug-likeness (QED) is 0.444. The molecule has 0 amide bonds. The first-order valence-corrected chi connectivity index (χ1v) is 10.8. The fraction of sp³-hybridized carbons (Fsp3) is 0.217. The third kappa shape index (κ3) is 4.34. The Bertz CT molecular complexity index is 1380. The molecule has 2 aromatic heterocycles. The number of ether oxygens (including phenoxy) is 2. The Morgan fingerprint density at radius 2 is 1.84 bits per heavy atom. The number of benzene rings is 2. The Morgan fingerprint density at radius 1 is 1.03 bits per heavy atom. The van der Waals surface area contributed by atoms with Crippen LogP contribution in [-0.4, -0.2) is 27.8 Å². The summed E-state index contributed by atoms with van der Waals surface area (Å²) in [5, 5.41) is 4.28. The average Bonchev–Trinajstić information content (AvgIpc) is 3.07. The minimum Gasteiger partial charge on any atom is -0.490 e. The van der Waals surface area contributed by atoms with Gasteiger partial charge >= 0.3 is 5.56 Å². The van der Waals surface area contributed by atoms with E-state index in [0.29, 0.717) is 34.8 Å². The van der Waals surface area contributed by atoms with Gasteiger partial charge in [-0.15, -0.1) is 0 Å². The van der Waals surface area contributed by atoms with E-state index < -0.39 is 5.56 Å². The van der Waals surface area contributed by atoms with Crippen molar-refractivity contribution in [2.45, 2.75) is 20.3 Å². The van der Waals surface area contributed by atoms with Gasteiger partial charge in [0.05, 0.1) is 17.7 Å². The first-order valence-electron chi connectivity index (χ1n) is 10.0. The molecule has 4 aromatic rings. The summed E-state index contributed by atoms with van der Waals surface area (Å²) >= 11 is 1.12. The van der Waals surface area contributed by atoms with Crippen molar-refractivity contribution in [2.75, 3.05) is 13.2 Å². The smallest absolute Gasteiger partial charge is 0.300 e. The third-order valence-electron chi connectivity index (χ3n) is 4.46. The molecule has 0 aliphatic rings. The molecule has 7 nitrogen and oxygen atoms in total. The molecular weight excluding hydrogens is 414 g/mol. The number of rotatable bonds is 7. The van der Waals surface area contributed by atoms with Gasteiger partial charge in [-0.05, 0) is 37.1 Å². The predicted octanol–water partition coefficient (Wildman–Crippen LogP) is 2.91. The number of aromatic nitrogens is 3. The van der Waals surface area contributed by atoms with Crippen LogP contribution in [-0.2, 0) is 0 Å². The van der Waals surface area contributed by atoms with E-state index in [-0.39, 0.29) is 16.2 Å². The van der Waals surface area contributed by atoms with Crippen molar-refractivity contribution in [3.63, 3.8) is 0 Å². The molecule has 0 saturated carbocycles. The Hall–Kier alpha value is -3.52. The highest BCUT2D eigenvalue weighted by Gasteiger charge is 2.13. The Labute approximate surface area is 182 Å². The fourth-order valence-corrected chi connectivity index (χ4v) is 3.96. The van der Waals surface area contributed by atoms with Crippen LogP contribution >= 0.6 is 11.3 Å². The van der Waals surface area contributed by atoms with Crippen molar-refractivity contribution in [3.8, 4) is 22.8 Å². The van der Waals surface area contributed by atoms with Crippen LogP contribution in [0.4, 0.5) is 0 Å². The van der Waals surface area contributed by atoms with Crippen molar-refractivity contribution >= 4 is 22.4 Å². The first-order chi connectivity index (χ1) is 15.1. The lowest BCUT2D eigenvalue weighted by atomic mass is 10.2. The Morgan fingerprint density at radius 3 is 2.58 bits per heavy atom. The average molecular weight is 436 g/mol. The van der Waals surface area contributed by atoms with Gasteiger partial charge in [-0.3, -0.25) is 9.59 Å². The van der Waals surface area contributed by atoms with E-state index in [2.05, 4.69) is 10.1 Å². The van der Waals surface area contributed by atoms with Crippen molar-refractivity contribution in [1.29, 1.82) is 0 Å². The van der Waals surface area contributed by atoms with E-state index in [4.69, 9.17) is 9.47 Å². The molecular formula is C23H21N3O4S. The van der Waals surface area contributed by atoms with E-state index in [9.17, 15) is 9.59 Å². The zero-order valence-electron chi connectivity index (χ0n) is 17.2. The first kappa shape index (κ1) is 20.7. The maximum absolute atomic E-state index is 12.9. The van der Waals surface area contributed by atoms with Gasteiger partial charge in [0.2, 0.25) is 4.96 Å². The molecule has 0 unspecified atom stereocenters. The highest BCUT2D eigenvalue weighted by Crippen LogP contribution is 2.29. The summed E-state index contributed by atoms with van der Waals surface area (Å²) in [4.78, 5) is 29.7. The number of thiazole rings is 1. The molecule has 0 N–H and O–H groups in total. The lowest BCUT2D eigenvalue weighted by Gasteiger charge is -2.11. The molecule has 0 aliphatic heterocycles.